The van der Waals surface area contributed by atoms with E-state index in [1.807, 2.05) is 20.8 Å². The summed E-state index contributed by atoms with van der Waals surface area (Å²) in [7, 11) is 0. The number of ether oxygens (including phenoxy) is 2. The smallest absolute Gasteiger partial charge is 0.408 e. The summed E-state index contributed by atoms with van der Waals surface area (Å²) in [6.45, 7) is 7.48. The van der Waals surface area contributed by atoms with Gasteiger partial charge in [0.1, 0.15) is 5.60 Å². The summed E-state index contributed by atoms with van der Waals surface area (Å²) in [6.07, 6.45) is 6.67. The van der Waals surface area contributed by atoms with Gasteiger partial charge >= 0.3 is 12.1 Å². The summed E-state index contributed by atoms with van der Waals surface area (Å²) in [5.41, 5.74) is 5.47. The van der Waals surface area contributed by atoms with Crippen molar-refractivity contribution in [1.82, 2.24) is 5.32 Å². The molecule has 1 amide bonds. The molecular formula is C18H34N2O4. The van der Waals surface area contributed by atoms with Crippen molar-refractivity contribution in [1.29, 1.82) is 0 Å². The quantitative estimate of drug-likeness (QED) is 0.547. The second-order valence-corrected chi connectivity index (χ2v) is 7.85. The SMILES string of the molecule is CC(=O)OCCC1CCC(CCC(N)NC(=O)OC(C)(C)C)CC1. The summed E-state index contributed by atoms with van der Waals surface area (Å²) in [5.74, 6) is 1.13. The number of rotatable bonds is 7. The molecule has 3 N–H and O–H groups in total. The second kappa shape index (κ2) is 9.87. The summed E-state index contributed by atoms with van der Waals surface area (Å²) in [6, 6.07) is 0. The van der Waals surface area contributed by atoms with Gasteiger partial charge in [-0.25, -0.2) is 4.79 Å². The average molecular weight is 342 g/mol. The van der Waals surface area contributed by atoms with Crippen LogP contribution in [-0.4, -0.2) is 30.4 Å². The predicted molar refractivity (Wildman–Crippen MR) is 93.3 cm³/mol. The first-order chi connectivity index (χ1) is 11.2. The van der Waals surface area contributed by atoms with Crippen LogP contribution in [0, 0.1) is 11.8 Å². The Morgan fingerprint density at radius 1 is 1.12 bits per heavy atom. The van der Waals surface area contributed by atoms with E-state index in [4.69, 9.17) is 15.2 Å². The minimum atomic E-state index is -0.506. The van der Waals surface area contributed by atoms with E-state index in [0.717, 1.165) is 19.3 Å². The summed E-state index contributed by atoms with van der Waals surface area (Å²) < 4.78 is 10.2. The topological polar surface area (TPSA) is 90.6 Å². The molecule has 6 heteroatoms. The third-order valence-electron chi connectivity index (χ3n) is 4.39. The number of alkyl carbamates (subject to hydrolysis) is 1. The molecule has 1 aliphatic carbocycles. The zero-order chi connectivity index (χ0) is 18.2. The van der Waals surface area contributed by atoms with Crippen molar-refractivity contribution in [2.45, 2.75) is 84.4 Å². The Morgan fingerprint density at radius 2 is 1.67 bits per heavy atom. The maximum Gasteiger partial charge on any atom is 0.408 e. The molecule has 0 spiro atoms. The molecule has 0 aliphatic heterocycles. The fraction of sp³-hybridized carbons (Fsp3) is 0.889. The normalized spacial score (nSPS) is 22.5. The Balaban J connectivity index is 2.14. The molecule has 0 aromatic carbocycles. The van der Waals surface area contributed by atoms with Gasteiger partial charge in [0.05, 0.1) is 12.8 Å². The zero-order valence-electron chi connectivity index (χ0n) is 15.6. The highest BCUT2D eigenvalue weighted by atomic mass is 16.6. The molecule has 0 saturated heterocycles. The molecular weight excluding hydrogens is 308 g/mol. The Labute approximate surface area is 145 Å². The first-order valence-electron chi connectivity index (χ1n) is 9.04. The Bertz CT molecular complexity index is 398. The molecule has 1 unspecified atom stereocenters. The number of carbonyl (C=O) groups excluding carboxylic acids is 2. The van der Waals surface area contributed by atoms with E-state index in [2.05, 4.69) is 5.32 Å². The largest absolute Gasteiger partial charge is 0.466 e. The van der Waals surface area contributed by atoms with E-state index < -0.39 is 11.7 Å². The lowest BCUT2D eigenvalue weighted by Crippen LogP contribution is -2.44. The van der Waals surface area contributed by atoms with Gasteiger partial charge in [-0.15, -0.1) is 0 Å². The Hall–Kier alpha value is -1.30. The molecule has 140 valence electrons. The minimum absolute atomic E-state index is 0.199. The highest BCUT2D eigenvalue weighted by molar-refractivity contribution is 5.68. The number of esters is 1. The lowest BCUT2D eigenvalue weighted by atomic mass is 9.79. The van der Waals surface area contributed by atoms with Crippen molar-refractivity contribution >= 4 is 12.1 Å². The highest BCUT2D eigenvalue weighted by Gasteiger charge is 2.23. The highest BCUT2D eigenvalue weighted by Crippen LogP contribution is 2.33. The van der Waals surface area contributed by atoms with Crippen molar-refractivity contribution in [2.75, 3.05) is 6.61 Å². The number of nitrogens with one attached hydrogen (secondary N) is 1. The summed E-state index contributed by atoms with van der Waals surface area (Å²) in [4.78, 5) is 22.4. The van der Waals surface area contributed by atoms with Gasteiger partial charge in [-0.3, -0.25) is 4.79 Å². The average Bonchev–Trinajstić information content (AvgIpc) is 2.44. The molecule has 0 bridgehead atoms. The van der Waals surface area contributed by atoms with E-state index in [1.165, 1.54) is 32.6 Å². The number of hydrogen-bond donors (Lipinski definition) is 2. The Kier molecular flexibility index (Phi) is 8.53. The van der Waals surface area contributed by atoms with Crippen molar-refractivity contribution in [2.24, 2.45) is 17.6 Å². The molecule has 0 aromatic heterocycles. The molecule has 1 atom stereocenters. The van der Waals surface area contributed by atoms with Crippen molar-refractivity contribution in [3.63, 3.8) is 0 Å². The van der Waals surface area contributed by atoms with E-state index in [9.17, 15) is 9.59 Å². The molecule has 0 aromatic rings. The van der Waals surface area contributed by atoms with Gasteiger partial charge < -0.3 is 20.5 Å². The maximum atomic E-state index is 11.7. The molecule has 1 rings (SSSR count). The fourth-order valence-electron chi connectivity index (χ4n) is 3.12. The molecule has 0 heterocycles. The first kappa shape index (κ1) is 20.7. The van der Waals surface area contributed by atoms with Crippen LogP contribution in [0.15, 0.2) is 0 Å². The van der Waals surface area contributed by atoms with Crippen LogP contribution in [0.5, 0.6) is 0 Å². The van der Waals surface area contributed by atoms with E-state index in [-0.39, 0.29) is 12.1 Å². The number of carbonyl (C=O) groups is 2. The van der Waals surface area contributed by atoms with Gasteiger partial charge in [-0.05, 0) is 51.9 Å². The molecule has 24 heavy (non-hydrogen) atoms. The first-order valence-corrected chi connectivity index (χ1v) is 9.04. The molecule has 6 nitrogen and oxygen atoms in total. The second-order valence-electron chi connectivity index (χ2n) is 7.85. The third-order valence-corrected chi connectivity index (χ3v) is 4.39. The molecule has 1 fully saturated rings. The van der Waals surface area contributed by atoms with Crippen LogP contribution < -0.4 is 11.1 Å². The van der Waals surface area contributed by atoms with Gasteiger partial charge in [0.15, 0.2) is 0 Å². The zero-order valence-corrected chi connectivity index (χ0v) is 15.6. The van der Waals surface area contributed by atoms with Crippen molar-refractivity contribution < 1.29 is 19.1 Å². The van der Waals surface area contributed by atoms with E-state index in [1.54, 1.807) is 0 Å². The third kappa shape index (κ3) is 9.75. The standard InChI is InChI=1S/C18H34N2O4/c1-13(21)23-12-11-15-7-5-14(6-8-15)9-10-16(19)20-17(22)24-18(2,3)4/h14-16H,5-12,19H2,1-4H3,(H,20,22). The summed E-state index contributed by atoms with van der Waals surface area (Å²) in [5, 5.41) is 2.69. The Morgan fingerprint density at radius 3 is 2.17 bits per heavy atom. The van der Waals surface area contributed by atoms with E-state index >= 15 is 0 Å². The van der Waals surface area contributed by atoms with Crippen LogP contribution in [0.4, 0.5) is 4.79 Å². The maximum absolute atomic E-state index is 11.7. The van der Waals surface area contributed by atoms with Gasteiger partial charge in [0, 0.05) is 6.92 Å². The number of amides is 1. The molecule has 0 radical (unpaired) electrons. The van der Waals surface area contributed by atoms with Crippen LogP contribution in [0.2, 0.25) is 0 Å². The van der Waals surface area contributed by atoms with Crippen molar-refractivity contribution in [3.8, 4) is 0 Å². The van der Waals surface area contributed by atoms with Crippen LogP contribution in [0.3, 0.4) is 0 Å². The monoisotopic (exact) mass is 342 g/mol. The fourth-order valence-corrected chi connectivity index (χ4v) is 3.12. The number of nitrogens with two attached hydrogens (primary N) is 1. The van der Waals surface area contributed by atoms with Gasteiger partial charge in [0.25, 0.3) is 0 Å². The number of hydrogen-bond acceptors (Lipinski definition) is 5. The van der Waals surface area contributed by atoms with Crippen molar-refractivity contribution in [3.05, 3.63) is 0 Å². The van der Waals surface area contributed by atoms with Crippen LogP contribution in [-0.2, 0) is 14.3 Å². The predicted octanol–water partition coefficient (Wildman–Crippen LogP) is 3.34. The van der Waals surface area contributed by atoms with Gasteiger partial charge in [0.2, 0.25) is 0 Å². The molecule has 1 aliphatic rings. The lowest BCUT2D eigenvalue weighted by molar-refractivity contribution is -0.141. The van der Waals surface area contributed by atoms with Crippen LogP contribution in [0.1, 0.15) is 72.6 Å². The van der Waals surface area contributed by atoms with Gasteiger partial charge in [-0.1, -0.05) is 25.7 Å². The van der Waals surface area contributed by atoms with Crippen LogP contribution in [0.25, 0.3) is 0 Å². The lowest BCUT2D eigenvalue weighted by Gasteiger charge is -2.29. The van der Waals surface area contributed by atoms with E-state index in [0.29, 0.717) is 18.4 Å². The van der Waals surface area contributed by atoms with Gasteiger partial charge in [-0.2, -0.15) is 0 Å². The van der Waals surface area contributed by atoms with Crippen LogP contribution >= 0.6 is 0 Å². The molecule has 1 saturated carbocycles. The summed E-state index contributed by atoms with van der Waals surface area (Å²) >= 11 is 0. The minimum Gasteiger partial charge on any atom is -0.466 e.